The smallest absolute Gasteiger partial charge is 0.305 e. The molecule has 0 heterocycles. The number of hydrogen-bond acceptors (Lipinski definition) is 7. The zero-order valence-electron chi connectivity index (χ0n) is 18.0. The zero-order valence-corrected chi connectivity index (χ0v) is 18.0. The largest absolute Gasteiger partial charge is 0.463 e. The molecule has 1 aliphatic carbocycles. The molecule has 0 unspecified atom stereocenters. The Bertz CT molecular complexity index is 558. The van der Waals surface area contributed by atoms with Crippen molar-refractivity contribution in [2.45, 2.75) is 83.0 Å². The minimum atomic E-state index is -1.05. The van der Waals surface area contributed by atoms with Crippen LogP contribution in [0.3, 0.4) is 0 Å². The molecule has 1 fully saturated rings. The number of hydrogen-bond donors (Lipinski definition) is 4. The third-order valence-electron chi connectivity index (χ3n) is 5.35. The van der Waals surface area contributed by atoms with Gasteiger partial charge in [-0.1, -0.05) is 50.5 Å². The average molecular weight is 427 g/mol. The van der Waals surface area contributed by atoms with Crippen molar-refractivity contribution in [3.05, 3.63) is 24.3 Å². The number of ether oxygens (including phenoxy) is 1. The summed E-state index contributed by atoms with van der Waals surface area (Å²) in [5.41, 5.74) is 0. The second-order valence-corrected chi connectivity index (χ2v) is 7.99. The highest BCUT2D eigenvalue weighted by Gasteiger charge is 2.39. The lowest BCUT2D eigenvalue weighted by atomic mass is 9.90. The van der Waals surface area contributed by atoms with Crippen LogP contribution in [0.2, 0.25) is 0 Å². The molecule has 1 aliphatic rings. The lowest BCUT2D eigenvalue weighted by molar-refractivity contribution is -0.147. The van der Waals surface area contributed by atoms with E-state index in [0.29, 0.717) is 25.7 Å². The highest BCUT2D eigenvalue weighted by molar-refractivity contribution is 5.84. The van der Waals surface area contributed by atoms with E-state index in [2.05, 4.69) is 6.92 Å². The summed E-state index contributed by atoms with van der Waals surface area (Å²) in [6.07, 6.45) is 10.9. The summed E-state index contributed by atoms with van der Waals surface area (Å²) >= 11 is 0. The van der Waals surface area contributed by atoms with Crippen LogP contribution in [-0.2, 0) is 14.3 Å². The van der Waals surface area contributed by atoms with E-state index >= 15 is 0 Å². The van der Waals surface area contributed by atoms with E-state index in [4.69, 9.17) is 14.9 Å². The number of esters is 1. The number of carbonyl (C=O) groups is 2. The van der Waals surface area contributed by atoms with E-state index in [9.17, 15) is 19.8 Å². The Morgan fingerprint density at radius 3 is 2.70 bits per heavy atom. The van der Waals surface area contributed by atoms with Crippen LogP contribution < -0.4 is 0 Å². The van der Waals surface area contributed by atoms with Gasteiger partial charge < -0.3 is 25.2 Å². The van der Waals surface area contributed by atoms with Crippen LogP contribution in [0.25, 0.3) is 0 Å². The van der Waals surface area contributed by atoms with Crippen molar-refractivity contribution in [2.75, 3.05) is 13.2 Å². The number of aliphatic hydroxyl groups excluding tert-OH is 4. The van der Waals surface area contributed by atoms with Gasteiger partial charge in [-0.3, -0.25) is 9.59 Å². The fraction of sp³-hybridized carbons (Fsp3) is 0.739. The molecule has 0 amide bonds. The molecule has 0 aromatic heterocycles. The van der Waals surface area contributed by atoms with Gasteiger partial charge in [0.1, 0.15) is 18.5 Å². The molecule has 172 valence electrons. The molecule has 7 heteroatoms. The summed E-state index contributed by atoms with van der Waals surface area (Å²) in [5.74, 6) is -0.961. The van der Waals surface area contributed by atoms with Crippen molar-refractivity contribution in [3.63, 3.8) is 0 Å². The van der Waals surface area contributed by atoms with Crippen LogP contribution in [-0.4, -0.2) is 63.7 Å². The maximum Gasteiger partial charge on any atom is 0.305 e. The lowest BCUT2D eigenvalue weighted by Gasteiger charge is -2.16. The monoisotopic (exact) mass is 426 g/mol. The molecule has 0 radical (unpaired) electrons. The highest BCUT2D eigenvalue weighted by atomic mass is 16.5. The van der Waals surface area contributed by atoms with Crippen LogP contribution >= 0.6 is 0 Å². The van der Waals surface area contributed by atoms with Gasteiger partial charge in [-0.15, -0.1) is 0 Å². The van der Waals surface area contributed by atoms with Gasteiger partial charge in [0.15, 0.2) is 0 Å². The fourth-order valence-electron chi connectivity index (χ4n) is 3.52. The Morgan fingerprint density at radius 1 is 1.23 bits per heavy atom. The van der Waals surface area contributed by atoms with Crippen molar-refractivity contribution in [1.82, 2.24) is 0 Å². The molecule has 7 nitrogen and oxygen atoms in total. The van der Waals surface area contributed by atoms with E-state index in [0.717, 1.165) is 19.3 Å². The Hall–Kier alpha value is -1.54. The molecule has 0 aromatic rings. The van der Waals surface area contributed by atoms with Gasteiger partial charge in [0.2, 0.25) is 0 Å². The Labute approximate surface area is 179 Å². The Balaban J connectivity index is 2.37. The first-order valence-corrected chi connectivity index (χ1v) is 11.1. The van der Waals surface area contributed by atoms with Gasteiger partial charge in [-0.05, 0) is 25.7 Å². The minimum Gasteiger partial charge on any atom is -0.463 e. The van der Waals surface area contributed by atoms with Crippen molar-refractivity contribution in [2.24, 2.45) is 11.8 Å². The molecule has 0 aliphatic heterocycles. The molecule has 4 N–H and O–H groups in total. The molecule has 0 saturated heterocycles. The van der Waals surface area contributed by atoms with Gasteiger partial charge in [0.25, 0.3) is 0 Å². The normalized spacial score (nSPS) is 24.0. The summed E-state index contributed by atoms with van der Waals surface area (Å²) in [5, 5.41) is 38.0. The SMILES string of the molecule is CCCCC[C@H](O)/C=C/[C@H]1[C@@H](O)CC(=O)[C@@H]1C/C=C\CCCC(=O)OC[C@H](O)CO. The zero-order chi connectivity index (χ0) is 22.4. The Kier molecular flexibility index (Phi) is 13.5. The first kappa shape index (κ1) is 26.5. The number of aliphatic hydroxyl groups is 4. The topological polar surface area (TPSA) is 124 Å². The summed E-state index contributed by atoms with van der Waals surface area (Å²) in [6.45, 7) is 1.45. The van der Waals surface area contributed by atoms with E-state index in [1.165, 1.54) is 0 Å². The van der Waals surface area contributed by atoms with Crippen LogP contribution in [0.15, 0.2) is 24.3 Å². The van der Waals surface area contributed by atoms with Gasteiger partial charge in [0.05, 0.1) is 18.8 Å². The average Bonchev–Trinajstić information content (AvgIpc) is 2.99. The number of rotatable bonds is 15. The van der Waals surface area contributed by atoms with Crippen LogP contribution in [0.5, 0.6) is 0 Å². The third-order valence-corrected chi connectivity index (χ3v) is 5.35. The molecule has 30 heavy (non-hydrogen) atoms. The highest BCUT2D eigenvalue weighted by Crippen LogP contribution is 2.33. The Morgan fingerprint density at radius 2 is 2.00 bits per heavy atom. The van der Waals surface area contributed by atoms with Crippen molar-refractivity contribution in [3.8, 4) is 0 Å². The van der Waals surface area contributed by atoms with Crippen molar-refractivity contribution >= 4 is 11.8 Å². The van der Waals surface area contributed by atoms with E-state index in [-0.39, 0.29) is 37.1 Å². The summed E-state index contributed by atoms with van der Waals surface area (Å²) in [7, 11) is 0. The van der Waals surface area contributed by atoms with Crippen LogP contribution in [0, 0.1) is 11.8 Å². The molecule has 5 atom stereocenters. The molecule has 0 spiro atoms. The summed E-state index contributed by atoms with van der Waals surface area (Å²) in [4.78, 5) is 23.7. The number of allylic oxidation sites excluding steroid dienone is 2. The number of Topliss-reactive ketones (excluding diaryl/α,β-unsaturated/α-hetero) is 1. The number of unbranched alkanes of at least 4 members (excludes halogenated alkanes) is 3. The molecule has 1 saturated carbocycles. The van der Waals surface area contributed by atoms with Gasteiger partial charge >= 0.3 is 5.97 Å². The van der Waals surface area contributed by atoms with Gasteiger partial charge in [0, 0.05) is 24.7 Å². The quantitative estimate of drug-likeness (QED) is 0.179. The van der Waals surface area contributed by atoms with Crippen molar-refractivity contribution in [1.29, 1.82) is 0 Å². The summed E-state index contributed by atoms with van der Waals surface area (Å²) in [6, 6.07) is 0. The van der Waals surface area contributed by atoms with Crippen LogP contribution in [0.4, 0.5) is 0 Å². The molecular weight excluding hydrogens is 388 g/mol. The number of ketones is 1. The first-order chi connectivity index (χ1) is 14.4. The van der Waals surface area contributed by atoms with Crippen LogP contribution in [0.1, 0.15) is 64.7 Å². The van der Waals surface area contributed by atoms with Gasteiger partial charge in [-0.25, -0.2) is 0 Å². The predicted molar refractivity (Wildman–Crippen MR) is 114 cm³/mol. The second kappa shape index (κ2) is 15.3. The molecule has 0 aromatic carbocycles. The van der Waals surface area contributed by atoms with E-state index in [1.54, 1.807) is 12.2 Å². The maximum atomic E-state index is 12.2. The minimum absolute atomic E-state index is 0.0355. The third kappa shape index (κ3) is 10.5. The lowest BCUT2D eigenvalue weighted by Crippen LogP contribution is -2.21. The standard InChI is InChI=1S/C23H38O7/c1-2-3-6-9-17(25)12-13-20-19(21(27)14-22(20)28)10-7-4-5-8-11-23(29)30-16-18(26)15-24/h4,7,12-13,17-20,22,24-26,28H,2-3,5-6,8-11,14-16H2,1H3/b7-4-,13-12+/t17-,18+,19+,20+,22-/m0/s1. The van der Waals surface area contributed by atoms with E-state index < -0.39 is 30.9 Å². The molecule has 0 bridgehead atoms. The predicted octanol–water partition coefficient (Wildman–Crippen LogP) is 2.06. The molecule has 1 rings (SSSR count). The second-order valence-electron chi connectivity index (χ2n) is 7.99. The first-order valence-electron chi connectivity index (χ1n) is 11.1. The number of carbonyl (C=O) groups excluding carboxylic acids is 2. The summed E-state index contributed by atoms with van der Waals surface area (Å²) < 4.78 is 4.83. The van der Waals surface area contributed by atoms with E-state index in [1.807, 2.05) is 12.2 Å². The fourth-order valence-corrected chi connectivity index (χ4v) is 3.52. The van der Waals surface area contributed by atoms with Crippen molar-refractivity contribution < 1.29 is 34.8 Å². The van der Waals surface area contributed by atoms with Gasteiger partial charge in [-0.2, -0.15) is 0 Å². The maximum absolute atomic E-state index is 12.2. The molecular formula is C23H38O7.